The predicted octanol–water partition coefficient (Wildman–Crippen LogP) is 3.91. The number of amides is 2. The third-order valence-electron chi connectivity index (χ3n) is 4.91. The van der Waals surface area contributed by atoms with Gasteiger partial charge in [0.1, 0.15) is 0 Å². The van der Waals surface area contributed by atoms with Gasteiger partial charge in [0.05, 0.1) is 12.1 Å². The Balaban J connectivity index is 1.76. The molecule has 2 aliphatic rings. The molecule has 124 valence electrons. The Kier molecular flexibility index (Phi) is 3.94. The average Bonchev–Trinajstić information content (AvgIpc) is 2.90. The summed E-state index contributed by atoms with van der Waals surface area (Å²) in [6, 6.07) is 4.79. The Morgan fingerprint density at radius 2 is 1.65 bits per heavy atom. The zero-order chi connectivity index (χ0) is 16.7. The molecule has 1 aliphatic heterocycles. The maximum atomic E-state index is 12.8. The quantitative estimate of drug-likeness (QED) is 0.773. The number of rotatable bonds is 2. The van der Waals surface area contributed by atoms with Gasteiger partial charge in [-0.15, -0.1) is 0 Å². The summed E-state index contributed by atoms with van der Waals surface area (Å²) in [6.45, 7) is -0.0856. The van der Waals surface area contributed by atoms with E-state index in [9.17, 15) is 22.8 Å². The number of likely N-dealkylation sites (tertiary alicyclic amines) is 1. The van der Waals surface area contributed by atoms with Crippen molar-refractivity contribution in [2.24, 2.45) is 5.41 Å². The molecule has 2 amide bonds. The average molecular weight is 325 g/mol. The second-order valence-electron chi connectivity index (χ2n) is 6.63. The third kappa shape index (κ3) is 3.26. The highest BCUT2D eigenvalue weighted by atomic mass is 19.4. The first-order valence-corrected chi connectivity index (χ1v) is 7.78. The summed E-state index contributed by atoms with van der Waals surface area (Å²) in [5.74, 6) is -0.527. The number of hydrogen-bond acceptors (Lipinski definition) is 2. The standard InChI is InChI=1S/C17H18F3NO2/c18-17(19,20)13-5-3-4-12(8-13)11-21-14(22)9-16(10-15(21)23)6-1-2-7-16/h3-5,8H,1-2,6-7,9-11H2. The van der Waals surface area contributed by atoms with Gasteiger partial charge in [-0.05, 0) is 36.0 Å². The van der Waals surface area contributed by atoms with Crippen molar-refractivity contribution >= 4 is 11.8 Å². The van der Waals surface area contributed by atoms with E-state index in [0.717, 1.165) is 42.7 Å². The van der Waals surface area contributed by atoms with E-state index >= 15 is 0 Å². The maximum absolute atomic E-state index is 12.8. The normalized spacial score (nSPS) is 21.3. The van der Waals surface area contributed by atoms with E-state index in [1.807, 2.05) is 0 Å². The zero-order valence-electron chi connectivity index (χ0n) is 12.7. The van der Waals surface area contributed by atoms with Gasteiger partial charge < -0.3 is 0 Å². The fraction of sp³-hybridized carbons (Fsp3) is 0.529. The number of carbonyl (C=O) groups is 2. The van der Waals surface area contributed by atoms with Crippen molar-refractivity contribution in [2.75, 3.05) is 0 Å². The van der Waals surface area contributed by atoms with Crippen molar-refractivity contribution in [3.05, 3.63) is 35.4 Å². The molecule has 0 N–H and O–H groups in total. The van der Waals surface area contributed by atoms with Crippen molar-refractivity contribution in [3.8, 4) is 0 Å². The first-order valence-electron chi connectivity index (χ1n) is 7.78. The molecule has 1 aromatic carbocycles. The Bertz CT molecular complexity index is 613. The van der Waals surface area contributed by atoms with E-state index in [4.69, 9.17) is 0 Å². The fourth-order valence-electron chi connectivity index (χ4n) is 3.72. The molecular formula is C17H18F3NO2. The molecule has 1 aromatic rings. The minimum absolute atomic E-state index is 0.0856. The summed E-state index contributed by atoms with van der Waals surface area (Å²) in [4.78, 5) is 25.8. The van der Waals surface area contributed by atoms with Crippen LogP contribution >= 0.6 is 0 Å². The van der Waals surface area contributed by atoms with Gasteiger partial charge in [0.15, 0.2) is 0 Å². The van der Waals surface area contributed by atoms with Crippen LogP contribution in [0.5, 0.6) is 0 Å². The Labute approximate surface area is 132 Å². The second-order valence-corrected chi connectivity index (χ2v) is 6.63. The van der Waals surface area contributed by atoms with Gasteiger partial charge in [-0.3, -0.25) is 14.5 Å². The number of halogens is 3. The van der Waals surface area contributed by atoms with Crippen molar-refractivity contribution < 1.29 is 22.8 Å². The SMILES string of the molecule is O=C1CC2(CCCC2)CC(=O)N1Cc1cccc(C(F)(F)F)c1. The van der Waals surface area contributed by atoms with Gasteiger partial charge in [0.25, 0.3) is 0 Å². The highest BCUT2D eigenvalue weighted by molar-refractivity contribution is 5.98. The number of benzene rings is 1. The third-order valence-corrected chi connectivity index (χ3v) is 4.91. The van der Waals surface area contributed by atoms with E-state index < -0.39 is 11.7 Å². The van der Waals surface area contributed by atoms with E-state index in [1.54, 1.807) is 0 Å². The fourth-order valence-corrected chi connectivity index (χ4v) is 3.72. The van der Waals surface area contributed by atoms with E-state index in [0.29, 0.717) is 18.4 Å². The number of alkyl halides is 3. The largest absolute Gasteiger partial charge is 0.416 e. The molecule has 3 rings (SSSR count). The molecule has 3 nitrogen and oxygen atoms in total. The van der Waals surface area contributed by atoms with Crippen LogP contribution in [0.15, 0.2) is 24.3 Å². The molecule has 6 heteroatoms. The number of nitrogens with zero attached hydrogens (tertiary/aromatic N) is 1. The molecule has 2 fully saturated rings. The van der Waals surface area contributed by atoms with E-state index in [-0.39, 0.29) is 23.8 Å². The van der Waals surface area contributed by atoms with Crippen molar-refractivity contribution in [1.29, 1.82) is 0 Å². The highest BCUT2D eigenvalue weighted by Gasteiger charge is 2.45. The minimum Gasteiger partial charge on any atom is -0.278 e. The molecule has 1 aliphatic carbocycles. The number of piperidine rings is 1. The Hall–Kier alpha value is -1.85. The van der Waals surface area contributed by atoms with E-state index in [1.165, 1.54) is 12.1 Å². The highest BCUT2D eigenvalue weighted by Crippen LogP contribution is 2.47. The van der Waals surface area contributed by atoms with Crippen molar-refractivity contribution in [3.63, 3.8) is 0 Å². The molecule has 0 bridgehead atoms. The Morgan fingerprint density at radius 1 is 1.04 bits per heavy atom. The predicted molar refractivity (Wildman–Crippen MR) is 77.1 cm³/mol. The molecule has 1 saturated carbocycles. The molecule has 0 atom stereocenters. The summed E-state index contributed by atoms with van der Waals surface area (Å²) in [6.07, 6.45) is 0.0847. The lowest BCUT2D eigenvalue weighted by Gasteiger charge is -2.37. The molecule has 0 unspecified atom stereocenters. The van der Waals surface area contributed by atoms with Crippen LogP contribution < -0.4 is 0 Å². The van der Waals surface area contributed by atoms with Gasteiger partial charge in [0.2, 0.25) is 11.8 Å². The van der Waals surface area contributed by atoms with Crippen LogP contribution in [0.25, 0.3) is 0 Å². The zero-order valence-corrected chi connectivity index (χ0v) is 12.7. The first-order chi connectivity index (χ1) is 10.8. The lowest BCUT2D eigenvalue weighted by molar-refractivity contribution is -0.154. The van der Waals surface area contributed by atoms with Crippen LogP contribution in [0, 0.1) is 5.41 Å². The van der Waals surface area contributed by atoms with Crippen LogP contribution in [-0.2, 0) is 22.3 Å². The first kappa shape index (κ1) is 16.0. The van der Waals surface area contributed by atoms with Gasteiger partial charge in [-0.2, -0.15) is 13.2 Å². The van der Waals surface area contributed by atoms with Crippen LogP contribution in [-0.4, -0.2) is 16.7 Å². The lowest BCUT2D eigenvalue weighted by Crippen LogP contribution is -2.46. The molecule has 1 saturated heterocycles. The summed E-state index contributed by atoms with van der Waals surface area (Å²) in [5.41, 5.74) is -0.638. The topological polar surface area (TPSA) is 37.4 Å². The Morgan fingerprint density at radius 3 is 2.22 bits per heavy atom. The van der Waals surface area contributed by atoms with Gasteiger partial charge in [-0.25, -0.2) is 0 Å². The van der Waals surface area contributed by atoms with Gasteiger partial charge in [-0.1, -0.05) is 25.0 Å². The summed E-state index contributed by atoms with van der Waals surface area (Å²) < 4.78 is 38.3. The molecule has 23 heavy (non-hydrogen) atoms. The van der Waals surface area contributed by atoms with Gasteiger partial charge >= 0.3 is 6.18 Å². The summed E-state index contributed by atoms with van der Waals surface area (Å²) >= 11 is 0. The number of carbonyl (C=O) groups excluding carboxylic acids is 2. The van der Waals surface area contributed by atoms with Crippen LogP contribution in [0.1, 0.15) is 49.7 Å². The molecule has 1 spiro atoms. The molecule has 1 heterocycles. The number of hydrogen-bond donors (Lipinski definition) is 0. The smallest absolute Gasteiger partial charge is 0.278 e. The molecule has 0 aromatic heterocycles. The summed E-state index contributed by atoms with van der Waals surface area (Å²) in [5, 5.41) is 0. The summed E-state index contributed by atoms with van der Waals surface area (Å²) in [7, 11) is 0. The van der Waals surface area contributed by atoms with Crippen molar-refractivity contribution in [2.45, 2.75) is 51.2 Å². The molecule has 0 radical (unpaired) electrons. The maximum Gasteiger partial charge on any atom is 0.416 e. The molecular weight excluding hydrogens is 307 g/mol. The second kappa shape index (κ2) is 5.65. The van der Waals surface area contributed by atoms with Crippen LogP contribution in [0.3, 0.4) is 0 Å². The van der Waals surface area contributed by atoms with E-state index in [2.05, 4.69) is 0 Å². The monoisotopic (exact) mass is 325 g/mol. The number of imide groups is 1. The van der Waals surface area contributed by atoms with Crippen LogP contribution in [0.2, 0.25) is 0 Å². The van der Waals surface area contributed by atoms with Gasteiger partial charge in [0, 0.05) is 12.8 Å². The lowest BCUT2D eigenvalue weighted by atomic mass is 9.76. The minimum atomic E-state index is -4.43. The van der Waals surface area contributed by atoms with Crippen LogP contribution in [0.4, 0.5) is 13.2 Å². The van der Waals surface area contributed by atoms with Crippen molar-refractivity contribution in [1.82, 2.24) is 4.90 Å².